The average Bonchev–Trinajstić information content (AvgIpc) is 1.83. The molecule has 0 bridgehead atoms. The molecule has 1 rings (SSSR count). The molecule has 1 fully saturated rings. The van der Waals surface area contributed by atoms with Gasteiger partial charge in [0.15, 0.2) is 0 Å². The molecule has 6 heteroatoms. The zero-order valence-corrected chi connectivity index (χ0v) is 9.29. The van der Waals surface area contributed by atoms with E-state index < -0.39 is 15.4 Å². The van der Waals surface area contributed by atoms with Gasteiger partial charge in [0, 0.05) is 25.0 Å². The minimum Gasteiger partial charge on any atom is -0.381 e. The Labute approximate surface area is 85.2 Å². The molecule has 0 spiro atoms. The van der Waals surface area contributed by atoms with Gasteiger partial charge < -0.3 is 10.5 Å². The number of hydrogen-bond donors (Lipinski definition) is 1. The minimum atomic E-state index is -2.96. The van der Waals surface area contributed by atoms with Crippen LogP contribution in [0, 0.1) is 0 Å². The van der Waals surface area contributed by atoms with Gasteiger partial charge >= 0.3 is 0 Å². The number of nitrogens with two attached hydrogens (primary N) is 1. The van der Waals surface area contributed by atoms with Gasteiger partial charge in [-0.3, -0.25) is 0 Å². The van der Waals surface area contributed by atoms with Crippen LogP contribution in [0.3, 0.4) is 0 Å². The summed E-state index contributed by atoms with van der Waals surface area (Å²) >= 11 is 0. The van der Waals surface area contributed by atoms with E-state index in [2.05, 4.69) is 0 Å². The van der Waals surface area contributed by atoms with Crippen molar-refractivity contribution in [1.29, 1.82) is 0 Å². The SMILES string of the molecule is CS(=O)(=O)CC1(N)CCOCC1.Cl. The van der Waals surface area contributed by atoms with Gasteiger partial charge in [-0.15, -0.1) is 12.4 Å². The Kier molecular flexibility index (Phi) is 4.65. The fourth-order valence-corrected chi connectivity index (χ4v) is 2.78. The summed E-state index contributed by atoms with van der Waals surface area (Å²) in [6.45, 7) is 1.15. The van der Waals surface area contributed by atoms with Crippen molar-refractivity contribution in [3.63, 3.8) is 0 Å². The van der Waals surface area contributed by atoms with Crippen LogP contribution in [0.25, 0.3) is 0 Å². The number of rotatable bonds is 2. The van der Waals surface area contributed by atoms with Crippen molar-refractivity contribution in [1.82, 2.24) is 0 Å². The predicted molar refractivity (Wildman–Crippen MR) is 53.9 cm³/mol. The van der Waals surface area contributed by atoms with Crippen molar-refractivity contribution in [2.75, 3.05) is 25.2 Å². The molecule has 13 heavy (non-hydrogen) atoms. The monoisotopic (exact) mass is 229 g/mol. The molecule has 0 aromatic carbocycles. The van der Waals surface area contributed by atoms with Crippen LogP contribution in [0.5, 0.6) is 0 Å². The molecule has 2 N–H and O–H groups in total. The van der Waals surface area contributed by atoms with E-state index in [9.17, 15) is 8.42 Å². The Morgan fingerprint density at radius 1 is 1.38 bits per heavy atom. The van der Waals surface area contributed by atoms with Crippen molar-refractivity contribution in [3.8, 4) is 0 Å². The molecule has 0 saturated carbocycles. The molecular weight excluding hydrogens is 214 g/mol. The van der Waals surface area contributed by atoms with Crippen LogP contribution in [0.1, 0.15) is 12.8 Å². The maximum atomic E-state index is 11.0. The Balaban J connectivity index is 0.00000144. The van der Waals surface area contributed by atoms with Crippen LogP contribution >= 0.6 is 12.4 Å². The minimum absolute atomic E-state index is 0. The van der Waals surface area contributed by atoms with Gasteiger partial charge in [-0.05, 0) is 12.8 Å². The van der Waals surface area contributed by atoms with E-state index in [0.29, 0.717) is 26.1 Å². The predicted octanol–water partition coefficient (Wildman–Crippen LogP) is -0.0393. The molecule has 0 unspecified atom stereocenters. The van der Waals surface area contributed by atoms with Gasteiger partial charge in [-0.1, -0.05) is 0 Å². The summed E-state index contributed by atoms with van der Waals surface area (Å²) in [6, 6.07) is 0. The third-order valence-corrected chi connectivity index (χ3v) is 3.14. The van der Waals surface area contributed by atoms with Crippen LogP contribution in [-0.4, -0.2) is 39.2 Å². The quantitative estimate of drug-likeness (QED) is 0.722. The first kappa shape index (κ1) is 13.2. The zero-order chi connectivity index (χ0) is 9.24. The number of ether oxygens (including phenoxy) is 1. The molecule has 0 atom stereocenters. The smallest absolute Gasteiger partial charge is 0.149 e. The number of halogens is 1. The molecule has 0 radical (unpaired) electrons. The maximum absolute atomic E-state index is 11.0. The lowest BCUT2D eigenvalue weighted by Crippen LogP contribution is -2.50. The number of sulfone groups is 1. The van der Waals surface area contributed by atoms with Crippen molar-refractivity contribution in [3.05, 3.63) is 0 Å². The second-order valence-electron chi connectivity index (χ2n) is 3.54. The second-order valence-corrected chi connectivity index (χ2v) is 5.69. The largest absolute Gasteiger partial charge is 0.381 e. The van der Waals surface area contributed by atoms with Crippen LogP contribution < -0.4 is 5.73 Å². The molecule has 0 aliphatic carbocycles. The highest BCUT2D eigenvalue weighted by molar-refractivity contribution is 7.90. The van der Waals surface area contributed by atoms with Gasteiger partial charge in [0.05, 0.1) is 5.75 Å². The van der Waals surface area contributed by atoms with E-state index in [4.69, 9.17) is 10.5 Å². The Morgan fingerprint density at radius 2 is 1.85 bits per heavy atom. The van der Waals surface area contributed by atoms with E-state index in [1.54, 1.807) is 0 Å². The van der Waals surface area contributed by atoms with E-state index in [-0.39, 0.29) is 18.2 Å². The molecule has 1 aliphatic rings. The summed E-state index contributed by atoms with van der Waals surface area (Å²) in [6.07, 6.45) is 2.50. The van der Waals surface area contributed by atoms with Gasteiger partial charge in [-0.2, -0.15) is 0 Å². The highest BCUT2D eigenvalue weighted by Gasteiger charge is 2.31. The summed E-state index contributed by atoms with van der Waals surface area (Å²) in [5.74, 6) is 0.0728. The standard InChI is InChI=1S/C7H15NO3S.ClH/c1-12(9,10)6-7(8)2-4-11-5-3-7;/h2-6,8H2,1H3;1H. The normalized spacial score (nSPS) is 22.0. The lowest BCUT2D eigenvalue weighted by Gasteiger charge is -2.32. The molecule has 80 valence electrons. The first-order chi connectivity index (χ1) is 5.41. The summed E-state index contributed by atoms with van der Waals surface area (Å²) < 4.78 is 27.1. The van der Waals surface area contributed by atoms with Crippen molar-refractivity contribution in [2.45, 2.75) is 18.4 Å². The van der Waals surface area contributed by atoms with E-state index in [0.717, 1.165) is 0 Å². The third kappa shape index (κ3) is 4.81. The molecule has 0 aromatic heterocycles. The first-order valence-electron chi connectivity index (χ1n) is 3.96. The van der Waals surface area contributed by atoms with Crippen LogP contribution in [-0.2, 0) is 14.6 Å². The molecule has 0 aromatic rings. The average molecular weight is 230 g/mol. The summed E-state index contributed by atoms with van der Waals surface area (Å²) in [5, 5.41) is 0. The summed E-state index contributed by atoms with van der Waals surface area (Å²) in [4.78, 5) is 0. The molecule has 1 heterocycles. The van der Waals surface area contributed by atoms with Crippen LogP contribution in [0.4, 0.5) is 0 Å². The van der Waals surface area contributed by atoms with Gasteiger partial charge in [0.1, 0.15) is 9.84 Å². The summed E-state index contributed by atoms with van der Waals surface area (Å²) in [5.41, 5.74) is 5.34. The van der Waals surface area contributed by atoms with E-state index >= 15 is 0 Å². The molecule has 1 aliphatic heterocycles. The first-order valence-corrected chi connectivity index (χ1v) is 6.02. The second kappa shape index (κ2) is 4.59. The lowest BCUT2D eigenvalue weighted by atomic mass is 9.94. The summed E-state index contributed by atoms with van der Waals surface area (Å²) in [7, 11) is -2.96. The highest BCUT2D eigenvalue weighted by Crippen LogP contribution is 2.19. The lowest BCUT2D eigenvalue weighted by molar-refractivity contribution is 0.0604. The van der Waals surface area contributed by atoms with Crippen LogP contribution in [0.2, 0.25) is 0 Å². The van der Waals surface area contributed by atoms with Gasteiger partial charge in [0.2, 0.25) is 0 Å². The third-order valence-electron chi connectivity index (χ3n) is 2.04. The van der Waals surface area contributed by atoms with Crippen molar-refractivity contribution in [2.24, 2.45) is 5.73 Å². The van der Waals surface area contributed by atoms with Crippen molar-refractivity contribution < 1.29 is 13.2 Å². The van der Waals surface area contributed by atoms with Crippen LogP contribution in [0.15, 0.2) is 0 Å². The van der Waals surface area contributed by atoms with Gasteiger partial charge in [0.25, 0.3) is 0 Å². The molecule has 0 amide bonds. The Bertz CT molecular complexity index is 246. The van der Waals surface area contributed by atoms with Gasteiger partial charge in [-0.25, -0.2) is 8.42 Å². The van der Waals surface area contributed by atoms with E-state index in [1.807, 2.05) is 0 Å². The molecule has 4 nitrogen and oxygen atoms in total. The zero-order valence-electron chi connectivity index (χ0n) is 7.65. The molecular formula is C7H16ClNO3S. The highest BCUT2D eigenvalue weighted by atomic mass is 35.5. The van der Waals surface area contributed by atoms with Crippen molar-refractivity contribution >= 4 is 22.2 Å². The Morgan fingerprint density at radius 3 is 2.23 bits per heavy atom. The fraction of sp³-hybridized carbons (Fsp3) is 1.00. The van der Waals surface area contributed by atoms with E-state index in [1.165, 1.54) is 6.26 Å². The maximum Gasteiger partial charge on any atom is 0.149 e. The number of hydrogen-bond acceptors (Lipinski definition) is 4. The fourth-order valence-electron chi connectivity index (χ4n) is 1.44. The Hall–Kier alpha value is 0.160. The molecule has 1 saturated heterocycles. The topological polar surface area (TPSA) is 69.4 Å².